The summed E-state index contributed by atoms with van der Waals surface area (Å²) < 4.78 is 5.09. The Morgan fingerprint density at radius 1 is 1.54 bits per heavy atom. The molecule has 68 valence electrons. The van der Waals surface area contributed by atoms with E-state index in [1.54, 1.807) is 6.07 Å². The monoisotopic (exact) mass is 196 g/mol. The quantitative estimate of drug-likeness (QED) is 0.803. The van der Waals surface area contributed by atoms with E-state index in [-0.39, 0.29) is 0 Å². The standard InChI is InChI=1S/C9H9ClN2O/c1-2-11-9-7-4-3-6(10)5-8(7)13-12-9/h3-5H,2H2,1H3,(H,11,12). The second-order valence-corrected chi connectivity index (χ2v) is 3.14. The molecule has 0 radical (unpaired) electrons. The lowest BCUT2D eigenvalue weighted by Crippen LogP contribution is -1.96. The van der Waals surface area contributed by atoms with E-state index in [0.717, 1.165) is 17.7 Å². The summed E-state index contributed by atoms with van der Waals surface area (Å²) in [6.45, 7) is 2.83. The summed E-state index contributed by atoms with van der Waals surface area (Å²) in [5, 5.41) is 8.61. The lowest BCUT2D eigenvalue weighted by atomic mass is 10.2. The number of nitrogens with one attached hydrogen (secondary N) is 1. The third kappa shape index (κ3) is 1.47. The van der Waals surface area contributed by atoms with Gasteiger partial charge < -0.3 is 9.84 Å². The Labute approximate surface area is 80.7 Å². The Morgan fingerprint density at radius 3 is 3.15 bits per heavy atom. The Morgan fingerprint density at radius 2 is 2.38 bits per heavy atom. The maximum Gasteiger partial charge on any atom is 0.177 e. The first-order chi connectivity index (χ1) is 6.31. The summed E-state index contributed by atoms with van der Waals surface area (Å²) in [5.74, 6) is 0.772. The highest BCUT2D eigenvalue weighted by Crippen LogP contribution is 2.25. The molecule has 2 aromatic rings. The average Bonchev–Trinajstić information content (AvgIpc) is 2.49. The fourth-order valence-electron chi connectivity index (χ4n) is 1.21. The lowest BCUT2D eigenvalue weighted by Gasteiger charge is -1.95. The van der Waals surface area contributed by atoms with Crippen molar-refractivity contribution >= 4 is 28.4 Å². The average molecular weight is 197 g/mol. The van der Waals surface area contributed by atoms with Crippen LogP contribution in [0.3, 0.4) is 0 Å². The number of fused-ring (bicyclic) bond motifs is 1. The van der Waals surface area contributed by atoms with E-state index in [1.165, 1.54) is 0 Å². The first kappa shape index (κ1) is 8.38. The number of nitrogens with zero attached hydrogens (tertiary/aromatic N) is 1. The normalized spacial score (nSPS) is 10.6. The topological polar surface area (TPSA) is 38.1 Å². The van der Waals surface area contributed by atoms with Gasteiger partial charge in [-0.25, -0.2) is 0 Å². The van der Waals surface area contributed by atoms with Gasteiger partial charge in [0.2, 0.25) is 0 Å². The van der Waals surface area contributed by atoms with Crippen LogP contribution in [0.25, 0.3) is 11.0 Å². The van der Waals surface area contributed by atoms with Gasteiger partial charge in [0.1, 0.15) is 0 Å². The van der Waals surface area contributed by atoms with E-state index in [4.69, 9.17) is 16.1 Å². The van der Waals surface area contributed by atoms with Gasteiger partial charge in [0.05, 0.1) is 5.39 Å². The van der Waals surface area contributed by atoms with E-state index < -0.39 is 0 Å². The zero-order chi connectivity index (χ0) is 9.26. The molecule has 0 saturated heterocycles. The van der Waals surface area contributed by atoms with Crippen LogP contribution in [0.1, 0.15) is 6.92 Å². The summed E-state index contributed by atoms with van der Waals surface area (Å²) in [5.41, 5.74) is 0.712. The molecule has 13 heavy (non-hydrogen) atoms. The Kier molecular flexibility index (Phi) is 2.10. The molecule has 2 rings (SSSR count). The largest absolute Gasteiger partial charge is 0.367 e. The molecule has 0 fully saturated rings. The summed E-state index contributed by atoms with van der Waals surface area (Å²) in [6.07, 6.45) is 0. The highest BCUT2D eigenvalue weighted by atomic mass is 35.5. The second kappa shape index (κ2) is 3.26. The van der Waals surface area contributed by atoms with Crippen LogP contribution in [0, 0.1) is 0 Å². The zero-order valence-electron chi connectivity index (χ0n) is 7.17. The van der Waals surface area contributed by atoms with Crippen molar-refractivity contribution in [1.29, 1.82) is 0 Å². The predicted octanol–water partition coefficient (Wildman–Crippen LogP) is 2.91. The molecule has 1 heterocycles. The summed E-state index contributed by atoms with van der Waals surface area (Å²) in [7, 11) is 0. The van der Waals surface area contributed by atoms with Gasteiger partial charge in [0.15, 0.2) is 11.4 Å². The van der Waals surface area contributed by atoms with Crippen LogP contribution in [0.4, 0.5) is 5.82 Å². The summed E-state index contributed by atoms with van der Waals surface area (Å²) >= 11 is 5.80. The molecule has 1 N–H and O–H groups in total. The van der Waals surface area contributed by atoms with Crippen LogP contribution >= 0.6 is 11.6 Å². The molecule has 0 atom stereocenters. The number of anilines is 1. The SMILES string of the molecule is CCNc1noc2cc(Cl)ccc12. The van der Waals surface area contributed by atoms with Crippen LogP contribution in [-0.4, -0.2) is 11.7 Å². The first-order valence-electron chi connectivity index (χ1n) is 4.10. The number of hydrogen-bond acceptors (Lipinski definition) is 3. The fraction of sp³-hybridized carbons (Fsp3) is 0.222. The molecule has 0 spiro atoms. The van der Waals surface area contributed by atoms with Crippen molar-refractivity contribution < 1.29 is 4.52 Å². The van der Waals surface area contributed by atoms with Crippen molar-refractivity contribution in [1.82, 2.24) is 5.16 Å². The van der Waals surface area contributed by atoms with Crippen molar-refractivity contribution in [2.24, 2.45) is 0 Å². The number of halogens is 1. The van der Waals surface area contributed by atoms with Gasteiger partial charge in [-0.2, -0.15) is 0 Å². The Hall–Kier alpha value is -1.22. The van der Waals surface area contributed by atoms with Gasteiger partial charge in [0, 0.05) is 17.6 Å². The molecular weight excluding hydrogens is 188 g/mol. The van der Waals surface area contributed by atoms with Gasteiger partial charge in [-0.15, -0.1) is 0 Å². The molecule has 1 aromatic carbocycles. The van der Waals surface area contributed by atoms with Crippen LogP contribution in [0.5, 0.6) is 0 Å². The van der Waals surface area contributed by atoms with Gasteiger partial charge in [-0.1, -0.05) is 16.8 Å². The molecule has 0 bridgehead atoms. The molecule has 0 saturated carbocycles. The molecule has 0 amide bonds. The molecule has 0 aliphatic carbocycles. The van der Waals surface area contributed by atoms with E-state index in [1.807, 2.05) is 19.1 Å². The van der Waals surface area contributed by atoms with Crippen LogP contribution in [0.15, 0.2) is 22.7 Å². The molecule has 0 aliphatic rings. The second-order valence-electron chi connectivity index (χ2n) is 2.70. The molecular formula is C9H9ClN2O. The van der Waals surface area contributed by atoms with Crippen molar-refractivity contribution in [2.75, 3.05) is 11.9 Å². The number of benzene rings is 1. The number of rotatable bonds is 2. The first-order valence-corrected chi connectivity index (χ1v) is 4.48. The molecule has 3 nitrogen and oxygen atoms in total. The molecule has 4 heteroatoms. The highest BCUT2D eigenvalue weighted by molar-refractivity contribution is 6.31. The smallest absolute Gasteiger partial charge is 0.177 e. The summed E-state index contributed by atoms with van der Waals surface area (Å²) in [4.78, 5) is 0. The summed E-state index contributed by atoms with van der Waals surface area (Å²) in [6, 6.07) is 5.47. The maximum atomic E-state index is 5.80. The van der Waals surface area contributed by atoms with Gasteiger partial charge in [-0.05, 0) is 19.1 Å². The van der Waals surface area contributed by atoms with E-state index in [0.29, 0.717) is 10.6 Å². The molecule has 0 aliphatic heterocycles. The maximum absolute atomic E-state index is 5.80. The van der Waals surface area contributed by atoms with E-state index in [9.17, 15) is 0 Å². The van der Waals surface area contributed by atoms with Crippen LogP contribution in [0.2, 0.25) is 5.02 Å². The minimum absolute atomic E-state index is 0.659. The third-order valence-corrected chi connectivity index (χ3v) is 2.01. The van der Waals surface area contributed by atoms with Gasteiger partial charge >= 0.3 is 0 Å². The van der Waals surface area contributed by atoms with Gasteiger partial charge in [-0.3, -0.25) is 0 Å². The van der Waals surface area contributed by atoms with Crippen LogP contribution in [-0.2, 0) is 0 Å². The zero-order valence-corrected chi connectivity index (χ0v) is 7.93. The number of aromatic nitrogens is 1. The lowest BCUT2D eigenvalue weighted by molar-refractivity contribution is 0.459. The predicted molar refractivity (Wildman–Crippen MR) is 53.2 cm³/mol. The molecule has 0 unspecified atom stereocenters. The van der Waals surface area contributed by atoms with E-state index >= 15 is 0 Å². The van der Waals surface area contributed by atoms with Crippen molar-refractivity contribution in [3.05, 3.63) is 23.2 Å². The minimum Gasteiger partial charge on any atom is -0.367 e. The van der Waals surface area contributed by atoms with Crippen molar-refractivity contribution in [3.63, 3.8) is 0 Å². The Balaban J connectivity index is 2.55. The van der Waals surface area contributed by atoms with Crippen molar-refractivity contribution in [2.45, 2.75) is 6.92 Å². The van der Waals surface area contributed by atoms with E-state index in [2.05, 4.69) is 10.5 Å². The molecule has 1 aromatic heterocycles. The minimum atomic E-state index is 0.659. The van der Waals surface area contributed by atoms with Gasteiger partial charge in [0.25, 0.3) is 0 Å². The number of hydrogen-bond donors (Lipinski definition) is 1. The fourth-order valence-corrected chi connectivity index (χ4v) is 1.37. The third-order valence-electron chi connectivity index (χ3n) is 1.78. The highest BCUT2D eigenvalue weighted by Gasteiger charge is 2.06. The van der Waals surface area contributed by atoms with Crippen LogP contribution < -0.4 is 5.32 Å². The Bertz CT molecular complexity index is 424. The van der Waals surface area contributed by atoms with Crippen molar-refractivity contribution in [3.8, 4) is 0 Å².